The van der Waals surface area contributed by atoms with Gasteiger partial charge >= 0.3 is 0 Å². The van der Waals surface area contributed by atoms with Crippen molar-refractivity contribution in [1.29, 1.82) is 5.26 Å². The number of alkyl halides is 2. The number of aryl methyl sites for hydroxylation is 1. The molecule has 0 saturated heterocycles. The summed E-state index contributed by atoms with van der Waals surface area (Å²) in [7, 11) is 0. The lowest BCUT2D eigenvalue weighted by Crippen LogP contribution is -2.29. The van der Waals surface area contributed by atoms with E-state index in [-0.39, 0.29) is 10.0 Å². The minimum atomic E-state index is -3.46. The molecular formula is C23H16BrF3N6OS. The molecule has 0 aliphatic carbocycles. The van der Waals surface area contributed by atoms with Crippen molar-refractivity contribution in [2.45, 2.75) is 25.8 Å². The van der Waals surface area contributed by atoms with Crippen molar-refractivity contribution in [3.05, 3.63) is 92.2 Å². The van der Waals surface area contributed by atoms with E-state index >= 15 is 8.78 Å². The van der Waals surface area contributed by atoms with E-state index in [0.717, 1.165) is 41.7 Å². The maximum absolute atomic E-state index is 15.1. The number of thiazole rings is 1. The number of carbonyl (C=O) groups is 1. The molecule has 2 heterocycles. The van der Waals surface area contributed by atoms with Gasteiger partial charge in [-0.15, -0.1) is 5.10 Å². The second-order valence-electron chi connectivity index (χ2n) is 7.55. The van der Waals surface area contributed by atoms with E-state index in [0.29, 0.717) is 21.7 Å². The molecule has 0 radical (unpaired) electrons. The molecule has 0 saturated carbocycles. The summed E-state index contributed by atoms with van der Waals surface area (Å²) in [5.41, 5.74) is -0.839. The van der Waals surface area contributed by atoms with Crippen LogP contribution in [-0.4, -0.2) is 25.7 Å². The molecule has 12 heteroatoms. The average molecular weight is 561 g/mol. The molecule has 0 unspecified atom stereocenters. The molecule has 1 amide bonds. The van der Waals surface area contributed by atoms with Gasteiger partial charge in [-0.2, -0.15) is 18.7 Å². The standard InChI is InChI=1S/C23H16BrF3N6OS/c1-12(20-31-13(2)32-33(20)22-29-11-19(10-28)35-22)30-21(34)14-7-16(9-17(24)8-14)23(26,27)15-3-5-18(25)6-4-15/h3-9,11-12H,1-2H3,(H,30,34)/t12-/m0/s1. The number of nitrogens with one attached hydrogen (secondary N) is 1. The zero-order valence-corrected chi connectivity index (χ0v) is 20.7. The minimum absolute atomic E-state index is 0.00758. The van der Waals surface area contributed by atoms with Crippen LogP contribution in [-0.2, 0) is 5.92 Å². The Labute approximate surface area is 210 Å². The summed E-state index contributed by atoms with van der Waals surface area (Å²) >= 11 is 4.30. The van der Waals surface area contributed by atoms with E-state index in [9.17, 15) is 9.18 Å². The number of nitriles is 1. The summed E-state index contributed by atoms with van der Waals surface area (Å²) in [6, 6.07) is 8.97. The highest BCUT2D eigenvalue weighted by atomic mass is 79.9. The van der Waals surface area contributed by atoms with E-state index in [2.05, 4.69) is 36.3 Å². The third kappa shape index (κ3) is 5.11. The fraction of sp³-hybridized carbons (Fsp3) is 0.174. The maximum atomic E-state index is 15.1. The van der Waals surface area contributed by atoms with E-state index < -0.39 is 34.8 Å². The van der Waals surface area contributed by atoms with Gasteiger partial charge < -0.3 is 5.32 Å². The van der Waals surface area contributed by atoms with E-state index in [1.165, 1.54) is 23.0 Å². The van der Waals surface area contributed by atoms with Crippen LogP contribution in [0.15, 0.2) is 53.1 Å². The van der Waals surface area contributed by atoms with Crippen molar-refractivity contribution in [2.24, 2.45) is 0 Å². The fourth-order valence-electron chi connectivity index (χ4n) is 3.34. The van der Waals surface area contributed by atoms with Crippen LogP contribution in [0.4, 0.5) is 13.2 Å². The molecule has 0 fully saturated rings. The highest BCUT2D eigenvalue weighted by molar-refractivity contribution is 9.10. The van der Waals surface area contributed by atoms with Gasteiger partial charge in [-0.05, 0) is 56.3 Å². The Morgan fingerprint density at radius 2 is 1.94 bits per heavy atom. The number of rotatable bonds is 6. The summed E-state index contributed by atoms with van der Waals surface area (Å²) in [5.74, 6) is -3.91. The highest BCUT2D eigenvalue weighted by Crippen LogP contribution is 2.37. The van der Waals surface area contributed by atoms with Gasteiger partial charge in [0.2, 0.25) is 5.13 Å². The van der Waals surface area contributed by atoms with E-state index in [1.54, 1.807) is 13.8 Å². The zero-order chi connectivity index (χ0) is 25.3. The van der Waals surface area contributed by atoms with E-state index in [1.807, 2.05) is 6.07 Å². The molecule has 1 N–H and O–H groups in total. The lowest BCUT2D eigenvalue weighted by molar-refractivity contribution is 0.0426. The second kappa shape index (κ2) is 9.59. The van der Waals surface area contributed by atoms with Crippen LogP contribution in [0.2, 0.25) is 0 Å². The van der Waals surface area contributed by atoms with Gasteiger partial charge in [-0.1, -0.05) is 27.3 Å². The fourth-order valence-corrected chi connectivity index (χ4v) is 4.51. The first-order valence-electron chi connectivity index (χ1n) is 10.1. The third-order valence-electron chi connectivity index (χ3n) is 4.99. The van der Waals surface area contributed by atoms with Crippen LogP contribution in [0.3, 0.4) is 0 Å². The Bertz CT molecular complexity index is 1440. The molecule has 0 aliphatic heterocycles. The zero-order valence-electron chi connectivity index (χ0n) is 18.3. The first-order chi connectivity index (χ1) is 16.6. The van der Waals surface area contributed by atoms with Gasteiger partial charge in [0.1, 0.15) is 22.6 Å². The first kappa shape index (κ1) is 24.6. The molecule has 0 bridgehead atoms. The Hall–Kier alpha value is -3.56. The van der Waals surface area contributed by atoms with Gasteiger partial charge in [0.25, 0.3) is 11.8 Å². The largest absolute Gasteiger partial charge is 0.342 e. The van der Waals surface area contributed by atoms with Crippen LogP contribution >= 0.6 is 27.3 Å². The van der Waals surface area contributed by atoms with Gasteiger partial charge in [0, 0.05) is 21.2 Å². The molecule has 0 spiro atoms. The van der Waals surface area contributed by atoms with Crippen LogP contribution in [0, 0.1) is 24.1 Å². The minimum Gasteiger partial charge on any atom is -0.342 e. The normalized spacial score (nSPS) is 12.3. The molecule has 2 aromatic carbocycles. The van der Waals surface area contributed by atoms with Crippen LogP contribution in [0.1, 0.15) is 51.0 Å². The van der Waals surface area contributed by atoms with Crippen molar-refractivity contribution >= 4 is 33.2 Å². The number of halogens is 4. The lowest BCUT2D eigenvalue weighted by atomic mass is 9.98. The Morgan fingerprint density at radius 1 is 1.23 bits per heavy atom. The van der Waals surface area contributed by atoms with Crippen LogP contribution < -0.4 is 5.32 Å². The Kier molecular flexibility index (Phi) is 6.73. The van der Waals surface area contributed by atoms with Crippen molar-refractivity contribution in [2.75, 3.05) is 0 Å². The van der Waals surface area contributed by atoms with Crippen molar-refractivity contribution < 1.29 is 18.0 Å². The number of carbonyl (C=O) groups excluding carboxylic acids is 1. The van der Waals surface area contributed by atoms with Gasteiger partial charge in [-0.3, -0.25) is 4.79 Å². The molecule has 35 heavy (non-hydrogen) atoms. The van der Waals surface area contributed by atoms with Gasteiger partial charge in [-0.25, -0.2) is 14.4 Å². The average Bonchev–Trinajstić information content (AvgIpc) is 3.45. The Balaban J connectivity index is 1.61. The molecule has 1 atom stereocenters. The van der Waals surface area contributed by atoms with Crippen molar-refractivity contribution in [3.8, 4) is 11.2 Å². The monoisotopic (exact) mass is 560 g/mol. The Morgan fingerprint density at radius 3 is 2.60 bits per heavy atom. The number of hydrogen-bond acceptors (Lipinski definition) is 6. The molecule has 7 nitrogen and oxygen atoms in total. The maximum Gasteiger partial charge on any atom is 0.298 e. The number of aromatic nitrogens is 4. The summed E-state index contributed by atoms with van der Waals surface area (Å²) < 4.78 is 45.1. The predicted molar refractivity (Wildman–Crippen MR) is 126 cm³/mol. The van der Waals surface area contributed by atoms with Gasteiger partial charge in [0.15, 0.2) is 5.82 Å². The second-order valence-corrected chi connectivity index (χ2v) is 9.48. The first-order valence-corrected chi connectivity index (χ1v) is 11.7. The summed E-state index contributed by atoms with van der Waals surface area (Å²) in [6.45, 7) is 3.34. The van der Waals surface area contributed by atoms with Crippen LogP contribution in [0.25, 0.3) is 5.13 Å². The number of nitrogens with zero attached hydrogens (tertiary/aromatic N) is 5. The smallest absolute Gasteiger partial charge is 0.298 e. The number of hydrogen-bond donors (Lipinski definition) is 1. The van der Waals surface area contributed by atoms with Crippen molar-refractivity contribution in [3.63, 3.8) is 0 Å². The number of amides is 1. The predicted octanol–water partition coefficient (Wildman–Crippen LogP) is 5.44. The summed E-state index contributed by atoms with van der Waals surface area (Å²) in [6.07, 6.45) is 1.41. The molecule has 178 valence electrons. The summed E-state index contributed by atoms with van der Waals surface area (Å²) in [5, 5.41) is 16.5. The SMILES string of the molecule is Cc1nc([C@H](C)NC(=O)c2cc(Br)cc(C(F)(F)c3ccc(F)cc3)c2)n(-c2ncc(C#N)s2)n1. The molecule has 4 rings (SSSR count). The lowest BCUT2D eigenvalue weighted by Gasteiger charge is -2.19. The van der Waals surface area contributed by atoms with Gasteiger partial charge in [0.05, 0.1) is 12.2 Å². The van der Waals surface area contributed by atoms with Crippen molar-refractivity contribution in [1.82, 2.24) is 25.1 Å². The quantitative estimate of drug-likeness (QED) is 0.339. The third-order valence-corrected chi connectivity index (χ3v) is 6.32. The number of benzene rings is 2. The molecular weight excluding hydrogens is 545 g/mol. The van der Waals surface area contributed by atoms with Crippen LogP contribution in [0.5, 0.6) is 0 Å². The summed E-state index contributed by atoms with van der Waals surface area (Å²) in [4.78, 5) is 21.9. The topological polar surface area (TPSA) is 96.5 Å². The molecule has 2 aromatic heterocycles. The van der Waals surface area contributed by atoms with E-state index in [4.69, 9.17) is 5.26 Å². The highest BCUT2D eigenvalue weighted by Gasteiger charge is 2.35. The molecule has 0 aliphatic rings. The molecule has 4 aromatic rings.